The quantitative estimate of drug-likeness (QED) is 0.648. The molecule has 0 saturated carbocycles. The summed E-state index contributed by atoms with van der Waals surface area (Å²) >= 11 is 0. The van der Waals surface area contributed by atoms with Crippen LogP contribution in [0, 0.1) is 5.82 Å². The van der Waals surface area contributed by atoms with Gasteiger partial charge in [0.25, 0.3) is 5.91 Å². The van der Waals surface area contributed by atoms with Crippen LogP contribution in [0.5, 0.6) is 5.75 Å². The largest absolute Gasteiger partial charge is 0.494 e. The van der Waals surface area contributed by atoms with Crippen LogP contribution in [-0.4, -0.2) is 62.5 Å². The molecule has 0 radical (unpaired) electrons. The van der Waals surface area contributed by atoms with Crippen LogP contribution in [0.25, 0.3) is 0 Å². The number of methoxy groups -OCH3 is 1. The third kappa shape index (κ3) is 5.18. The number of sulfone groups is 1. The molecule has 0 spiro atoms. The standard InChI is InChI=1S/C18H24FNO6S/c1-4-12(2)20(14-7-8-27(23,24)11-14)17(21)10-26-18(22)13-5-6-16(25-3)15(19)9-13/h5-6,9,12,14H,4,7-8,10-11H2,1-3H3/t12-,14-/m0/s1. The zero-order valence-electron chi connectivity index (χ0n) is 15.6. The monoisotopic (exact) mass is 401 g/mol. The van der Waals surface area contributed by atoms with Crippen molar-refractivity contribution >= 4 is 21.7 Å². The van der Waals surface area contributed by atoms with Crippen LogP contribution in [0.4, 0.5) is 4.39 Å². The first-order chi connectivity index (χ1) is 12.7. The van der Waals surface area contributed by atoms with Crippen molar-refractivity contribution in [3.63, 3.8) is 0 Å². The predicted molar refractivity (Wildman–Crippen MR) is 96.9 cm³/mol. The summed E-state index contributed by atoms with van der Waals surface area (Å²) in [6.07, 6.45) is 1.01. The second-order valence-electron chi connectivity index (χ2n) is 6.54. The first-order valence-electron chi connectivity index (χ1n) is 8.70. The molecule has 1 aromatic rings. The summed E-state index contributed by atoms with van der Waals surface area (Å²) in [5.74, 6) is -2.06. The summed E-state index contributed by atoms with van der Waals surface area (Å²) in [6, 6.07) is 3.00. The Kier molecular flexibility index (Phi) is 6.80. The second kappa shape index (κ2) is 8.69. The van der Waals surface area contributed by atoms with E-state index in [2.05, 4.69) is 0 Å². The molecule has 27 heavy (non-hydrogen) atoms. The minimum absolute atomic E-state index is 0.00647. The van der Waals surface area contributed by atoms with E-state index in [1.54, 1.807) is 0 Å². The second-order valence-corrected chi connectivity index (χ2v) is 8.77. The fraction of sp³-hybridized carbons (Fsp3) is 0.556. The maximum absolute atomic E-state index is 13.7. The topological polar surface area (TPSA) is 90.0 Å². The minimum atomic E-state index is -3.16. The number of hydrogen-bond acceptors (Lipinski definition) is 6. The molecule has 1 aliphatic heterocycles. The molecule has 1 amide bonds. The van der Waals surface area contributed by atoms with Crippen LogP contribution < -0.4 is 4.74 Å². The van der Waals surface area contributed by atoms with E-state index in [4.69, 9.17) is 9.47 Å². The van der Waals surface area contributed by atoms with Crippen molar-refractivity contribution in [2.45, 2.75) is 38.8 Å². The summed E-state index contributed by atoms with van der Waals surface area (Å²) < 4.78 is 47.0. The van der Waals surface area contributed by atoms with E-state index >= 15 is 0 Å². The fourth-order valence-electron chi connectivity index (χ4n) is 3.08. The number of amides is 1. The Bertz CT molecular complexity index is 810. The average Bonchev–Trinajstić information content (AvgIpc) is 2.98. The number of ether oxygens (including phenoxy) is 2. The molecule has 1 aromatic carbocycles. The number of nitrogens with zero attached hydrogens (tertiary/aromatic N) is 1. The molecular weight excluding hydrogens is 377 g/mol. The molecule has 9 heteroatoms. The van der Waals surface area contributed by atoms with E-state index in [9.17, 15) is 22.4 Å². The van der Waals surface area contributed by atoms with E-state index in [0.29, 0.717) is 12.8 Å². The Labute approximate surface area is 158 Å². The first-order valence-corrected chi connectivity index (χ1v) is 10.5. The highest BCUT2D eigenvalue weighted by molar-refractivity contribution is 7.91. The van der Waals surface area contributed by atoms with Gasteiger partial charge in [0.1, 0.15) is 0 Å². The highest BCUT2D eigenvalue weighted by Crippen LogP contribution is 2.22. The number of halogens is 1. The third-order valence-electron chi connectivity index (χ3n) is 4.67. The Morgan fingerprint density at radius 2 is 2.07 bits per heavy atom. The molecule has 0 unspecified atom stereocenters. The van der Waals surface area contributed by atoms with E-state index < -0.39 is 40.2 Å². The lowest BCUT2D eigenvalue weighted by atomic mass is 10.1. The van der Waals surface area contributed by atoms with Crippen LogP contribution >= 0.6 is 0 Å². The lowest BCUT2D eigenvalue weighted by Crippen LogP contribution is -2.48. The molecule has 1 heterocycles. The Balaban J connectivity index is 2.04. The van der Waals surface area contributed by atoms with Gasteiger partial charge in [0.15, 0.2) is 28.0 Å². The Hall–Kier alpha value is -2.16. The maximum Gasteiger partial charge on any atom is 0.338 e. The van der Waals surface area contributed by atoms with Crippen LogP contribution in [-0.2, 0) is 19.4 Å². The van der Waals surface area contributed by atoms with Crippen LogP contribution in [0.15, 0.2) is 18.2 Å². The summed E-state index contributed by atoms with van der Waals surface area (Å²) in [5, 5.41) is 0. The molecule has 0 aromatic heterocycles. The third-order valence-corrected chi connectivity index (χ3v) is 6.42. The van der Waals surface area contributed by atoms with Crippen molar-refractivity contribution in [2.24, 2.45) is 0 Å². The van der Waals surface area contributed by atoms with Gasteiger partial charge in [-0.15, -0.1) is 0 Å². The SMILES string of the molecule is CC[C@H](C)N(C(=O)COC(=O)c1ccc(OC)c(F)c1)[C@H]1CCS(=O)(=O)C1. The van der Waals surface area contributed by atoms with Gasteiger partial charge in [-0.2, -0.15) is 0 Å². The molecule has 150 valence electrons. The Morgan fingerprint density at radius 3 is 2.59 bits per heavy atom. The van der Waals surface area contributed by atoms with E-state index in [1.165, 1.54) is 24.1 Å². The predicted octanol–water partition coefficient (Wildman–Crippen LogP) is 1.81. The molecule has 2 atom stereocenters. The molecule has 0 bridgehead atoms. The van der Waals surface area contributed by atoms with Gasteiger partial charge in [-0.05, 0) is 38.0 Å². The number of benzene rings is 1. The van der Waals surface area contributed by atoms with Crippen LogP contribution in [0.3, 0.4) is 0 Å². The molecule has 1 fully saturated rings. The summed E-state index contributed by atoms with van der Waals surface area (Å²) in [4.78, 5) is 26.2. The number of carbonyl (C=O) groups is 2. The van der Waals surface area contributed by atoms with Gasteiger partial charge in [0, 0.05) is 12.1 Å². The van der Waals surface area contributed by atoms with Gasteiger partial charge >= 0.3 is 5.97 Å². The molecule has 2 rings (SSSR count). The van der Waals surface area contributed by atoms with Gasteiger partial charge in [0.2, 0.25) is 0 Å². The van der Waals surface area contributed by atoms with Crippen LogP contribution in [0.2, 0.25) is 0 Å². The molecule has 1 aliphatic rings. The zero-order valence-corrected chi connectivity index (χ0v) is 16.4. The van der Waals surface area contributed by atoms with Crippen LogP contribution in [0.1, 0.15) is 37.0 Å². The lowest BCUT2D eigenvalue weighted by molar-refractivity contribution is -0.138. The highest BCUT2D eigenvalue weighted by atomic mass is 32.2. The van der Waals surface area contributed by atoms with Gasteiger partial charge in [-0.3, -0.25) is 4.79 Å². The van der Waals surface area contributed by atoms with Crippen molar-refractivity contribution < 1.29 is 31.9 Å². The average molecular weight is 401 g/mol. The molecule has 0 aliphatic carbocycles. The van der Waals surface area contributed by atoms with E-state index in [1.807, 2.05) is 13.8 Å². The summed E-state index contributed by atoms with van der Waals surface area (Å²) in [6.45, 7) is 3.18. The molecule has 1 saturated heterocycles. The van der Waals surface area contributed by atoms with Gasteiger partial charge in [-0.1, -0.05) is 6.92 Å². The summed E-state index contributed by atoms with van der Waals surface area (Å²) in [7, 11) is -1.85. The van der Waals surface area contributed by atoms with Crippen molar-refractivity contribution in [3.8, 4) is 5.75 Å². The van der Waals surface area contributed by atoms with Crippen molar-refractivity contribution in [3.05, 3.63) is 29.6 Å². The Morgan fingerprint density at radius 1 is 1.37 bits per heavy atom. The highest BCUT2D eigenvalue weighted by Gasteiger charge is 2.36. The van der Waals surface area contributed by atoms with E-state index in [-0.39, 0.29) is 28.9 Å². The number of carbonyl (C=O) groups excluding carboxylic acids is 2. The van der Waals surface area contributed by atoms with Crippen molar-refractivity contribution in [1.82, 2.24) is 4.90 Å². The summed E-state index contributed by atoms with van der Waals surface area (Å²) in [5.41, 5.74) is -0.0420. The number of rotatable bonds is 7. The smallest absolute Gasteiger partial charge is 0.338 e. The van der Waals surface area contributed by atoms with Gasteiger partial charge in [-0.25, -0.2) is 17.6 Å². The lowest BCUT2D eigenvalue weighted by Gasteiger charge is -2.33. The molecule has 0 N–H and O–H groups in total. The first kappa shape index (κ1) is 21.1. The van der Waals surface area contributed by atoms with E-state index in [0.717, 1.165) is 6.07 Å². The maximum atomic E-state index is 13.7. The van der Waals surface area contributed by atoms with Gasteiger partial charge < -0.3 is 14.4 Å². The van der Waals surface area contributed by atoms with Gasteiger partial charge in [0.05, 0.1) is 24.2 Å². The number of esters is 1. The normalized spacial score (nSPS) is 19.3. The molecule has 7 nitrogen and oxygen atoms in total. The number of hydrogen-bond donors (Lipinski definition) is 0. The van der Waals surface area contributed by atoms with Crippen molar-refractivity contribution in [1.29, 1.82) is 0 Å². The van der Waals surface area contributed by atoms with Crippen molar-refractivity contribution in [2.75, 3.05) is 25.2 Å². The fourth-order valence-corrected chi connectivity index (χ4v) is 4.79. The zero-order chi connectivity index (χ0) is 20.2. The molecular formula is C18H24FNO6S. The minimum Gasteiger partial charge on any atom is -0.494 e.